The molecule has 3 aromatic carbocycles. The van der Waals surface area contributed by atoms with Gasteiger partial charge in [-0.3, -0.25) is 9.80 Å². The van der Waals surface area contributed by atoms with Crippen molar-refractivity contribution in [1.82, 2.24) is 9.80 Å². The van der Waals surface area contributed by atoms with Gasteiger partial charge >= 0.3 is 5.63 Å². The number of nitrogens with zero attached hydrogens (tertiary/aromatic N) is 2. The van der Waals surface area contributed by atoms with Crippen LogP contribution in [0.3, 0.4) is 0 Å². The first-order valence-electron chi connectivity index (χ1n) is 12.1. The van der Waals surface area contributed by atoms with Gasteiger partial charge in [0.25, 0.3) is 0 Å². The number of rotatable bonds is 7. The van der Waals surface area contributed by atoms with Crippen molar-refractivity contribution in [1.29, 1.82) is 0 Å². The van der Waals surface area contributed by atoms with Crippen LogP contribution < -0.4 is 15.1 Å². The summed E-state index contributed by atoms with van der Waals surface area (Å²) in [4.78, 5) is 17.7. The number of methoxy groups -OCH3 is 2. The molecule has 0 radical (unpaired) electrons. The van der Waals surface area contributed by atoms with Crippen LogP contribution in [0.25, 0.3) is 22.1 Å². The van der Waals surface area contributed by atoms with Gasteiger partial charge in [0.1, 0.15) is 11.3 Å². The van der Waals surface area contributed by atoms with Crippen LogP contribution in [0, 0.1) is 0 Å². The summed E-state index contributed by atoms with van der Waals surface area (Å²) in [7, 11) is 3.13. The highest BCUT2D eigenvalue weighted by molar-refractivity contribution is 5.86. The maximum Gasteiger partial charge on any atom is 0.344 e. The van der Waals surface area contributed by atoms with Gasteiger partial charge in [-0.15, -0.1) is 0 Å². The van der Waals surface area contributed by atoms with Gasteiger partial charge in [0.15, 0.2) is 11.5 Å². The fourth-order valence-electron chi connectivity index (χ4n) is 4.76. The molecule has 0 atom stereocenters. The summed E-state index contributed by atoms with van der Waals surface area (Å²) in [5.74, 6) is 1.26. The molecule has 36 heavy (non-hydrogen) atoms. The summed E-state index contributed by atoms with van der Waals surface area (Å²) in [6.45, 7) is 5.07. The van der Waals surface area contributed by atoms with Gasteiger partial charge in [0.05, 0.1) is 25.3 Å². The zero-order valence-electron chi connectivity index (χ0n) is 20.6. The Bertz CT molecular complexity index is 1410. The monoisotopic (exact) mass is 486 g/mol. The molecule has 2 heterocycles. The quantitative estimate of drug-likeness (QED) is 0.386. The SMILES string of the molecule is COc1ccc(-c2cc3ccc(O)c(CN4CCN(Cc5ccccc5)CC4)c3oc2=O)cc1OC. The third-order valence-electron chi connectivity index (χ3n) is 6.77. The topological polar surface area (TPSA) is 75.4 Å². The van der Waals surface area contributed by atoms with Crippen LogP contribution in [-0.4, -0.2) is 55.3 Å². The fourth-order valence-corrected chi connectivity index (χ4v) is 4.76. The van der Waals surface area contributed by atoms with Crippen LogP contribution in [0.4, 0.5) is 0 Å². The average Bonchev–Trinajstić information content (AvgIpc) is 2.91. The zero-order valence-corrected chi connectivity index (χ0v) is 20.6. The number of phenols is 1. The summed E-state index contributed by atoms with van der Waals surface area (Å²) in [6, 6.07) is 21.0. The molecule has 0 bridgehead atoms. The molecule has 1 fully saturated rings. The molecule has 1 aromatic heterocycles. The second-order valence-electron chi connectivity index (χ2n) is 9.04. The Morgan fingerprint density at radius 3 is 2.22 bits per heavy atom. The number of fused-ring (bicyclic) bond motifs is 1. The zero-order chi connectivity index (χ0) is 25.1. The Morgan fingerprint density at radius 2 is 1.53 bits per heavy atom. The van der Waals surface area contributed by atoms with Gasteiger partial charge in [0, 0.05) is 44.7 Å². The van der Waals surface area contributed by atoms with Crippen LogP contribution in [-0.2, 0) is 13.1 Å². The highest BCUT2D eigenvalue weighted by Crippen LogP contribution is 2.34. The normalized spacial score (nSPS) is 14.7. The van der Waals surface area contributed by atoms with Crippen LogP contribution >= 0.6 is 0 Å². The van der Waals surface area contributed by atoms with Crippen molar-refractivity contribution in [2.24, 2.45) is 0 Å². The fraction of sp³-hybridized carbons (Fsp3) is 0.276. The molecule has 1 aliphatic heterocycles. The third-order valence-corrected chi connectivity index (χ3v) is 6.77. The van der Waals surface area contributed by atoms with Gasteiger partial charge in [-0.25, -0.2) is 4.79 Å². The van der Waals surface area contributed by atoms with Crippen molar-refractivity contribution in [3.63, 3.8) is 0 Å². The molecular weight excluding hydrogens is 456 g/mol. The van der Waals surface area contributed by atoms with Gasteiger partial charge in [-0.2, -0.15) is 0 Å². The molecule has 5 rings (SSSR count). The third kappa shape index (κ3) is 4.94. The number of hydrogen-bond donors (Lipinski definition) is 1. The van der Waals surface area contributed by atoms with Crippen molar-refractivity contribution < 1.29 is 19.0 Å². The minimum Gasteiger partial charge on any atom is -0.507 e. The van der Waals surface area contributed by atoms with E-state index in [4.69, 9.17) is 13.9 Å². The van der Waals surface area contributed by atoms with Crippen LogP contribution in [0.15, 0.2) is 75.9 Å². The second-order valence-corrected chi connectivity index (χ2v) is 9.04. The van der Waals surface area contributed by atoms with Crippen molar-refractivity contribution in [2.45, 2.75) is 13.1 Å². The maximum atomic E-state index is 13.0. The van der Waals surface area contributed by atoms with Gasteiger partial charge in [0.2, 0.25) is 0 Å². The molecule has 4 aromatic rings. The summed E-state index contributed by atoms with van der Waals surface area (Å²) in [5.41, 5.74) is 3.01. The first kappa shape index (κ1) is 23.9. The molecule has 0 unspecified atom stereocenters. The Morgan fingerprint density at radius 1 is 0.833 bits per heavy atom. The van der Waals surface area contributed by atoms with Crippen LogP contribution in [0.1, 0.15) is 11.1 Å². The average molecular weight is 487 g/mol. The number of aromatic hydroxyl groups is 1. The van der Waals surface area contributed by atoms with Crippen molar-refractivity contribution in [2.75, 3.05) is 40.4 Å². The number of piperazine rings is 1. The maximum absolute atomic E-state index is 13.0. The van der Waals surface area contributed by atoms with Crippen molar-refractivity contribution >= 4 is 11.0 Å². The first-order chi connectivity index (χ1) is 17.6. The van der Waals surface area contributed by atoms with Crippen LogP contribution in [0.5, 0.6) is 17.2 Å². The lowest BCUT2D eigenvalue weighted by atomic mass is 10.0. The van der Waals surface area contributed by atoms with Crippen LogP contribution in [0.2, 0.25) is 0 Å². The van der Waals surface area contributed by atoms with Crippen molar-refractivity contribution in [3.8, 4) is 28.4 Å². The Kier molecular flexibility index (Phi) is 6.93. The van der Waals surface area contributed by atoms with Gasteiger partial charge in [-0.05, 0) is 41.5 Å². The van der Waals surface area contributed by atoms with Crippen molar-refractivity contribution in [3.05, 3.63) is 88.3 Å². The van der Waals surface area contributed by atoms with E-state index in [0.717, 1.165) is 38.1 Å². The first-order valence-corrected chi connectivity index (χ1v) is 12.1. The molecule has 186 valence electrons. The van der Waals surface area contributed by atoms with E-state index in [1.807, 2.05) is 12.1 Å². The molecule has 7 heteroatoms. The number of ether oxygens (including phenoxy) is 2. The van der Waals surface area contributed by atoms with Gasteiger partial charge < -0.3 is 19.0 Å². The Labute approximate surface area is 210 Å². The molecule has 1 saturated heterocycles. The van der Waals surface area contributed by atoms with E-state index in [9.17, 15) is 9.90 Å². The largest absolute Gasteiger partial charge is 0.507 e. The highest BCUT2D eigenvalue weighted by atomic mass is 16.5. The van der Waals surface area contributed by atoms with E-state index in [0.29, 0.717) is 40.3 Å². The predicted molar refractivity (Wildman–Crippen MR) is 140 cm³/mol. The molecule has 1 N–H and O–H groups in total. The molecule has 7 nitrogen and oxygen atoms in total. The Balaban J connectivity index is 1.37. The van der Waals surface area contributed by atoms with E-state index in [2.05, 4.69) is 34.1 Å². The van der Waals surface area contributed by atoms with E-state index in [1.54, 1.807) is 44.6 Å². The lowest BCUT2D eigenvalue weighted by molar-refractivity contribution is 0.121. The molecule has 0 spiro atoms. The number of hydrogen-bond acceptors (Lipinski definition) is 7. The number of benzene rings is 3. The number of phenolic OH excluding ortho intramolecular Hbond substituents is 1. The standard InChI is InChI=1S/C29H30N2O5/c1-34-26-11-9-21(17-27(26)35-2)23-16-22-8-10-25(32)24(28(22)36-29(23)33)19-31-14-12-30(13-15-31)18-20-6-4-3-5-7-20/h3-11,16-17,32H,12-15,18-19H2,1-2H3. The second kappa shape index (κ2) is 10.4. The summed E-state index contributed by atoms with van der Waals surface area (Å²) in [6.07, 6.45) is 0. The summed E-state index contributed by atoms with van der Waals surface area (Å²) in [5, 5.41) is 11.4. The summed E-state index contributed by atoms with van der Waals surface area (Å²) >= 11 is 0. The predicted octanol–water partition coefficient (Wildman–Crippen LogP) is 4.50. The van der Waals surface area contributed by atoms with E-state index >= 15 is 0 Å². The molecule has 0 amide bonds. The molecule has 1 aliphatic rings. The van der Waals surface area contributed by atoms with Gasteiger partial charge in [-0.1, -0.05) is 36.4 Å². The van der Waals surface area contributed by atoms with E-state index in [-0.39, 0.29) is 5.75 Å². The molecule has 0 aliphatic carbocycles. The lowest BCUT2D eigenvalue weighted by Crippen LogP contribution is -2.45. The molecule has 0 saturated carbocycles. The van der Waals surface area contributed by atoms with E-state index < -0.39 is 5.63 Å². The minimum absolute atomic E-state index is 0.135. The Hall–Kier alpha value is -3.81. The smallest absolute Gasteiger partial charge is 0.344 e. The highest BCUT2D eigenvalue weighted by Gasteiger charge is 2.21. The minimum atomic E-state index is -0.464. The molecular formula is C29H30N2O5. The summed E-state index contributed by atoms with van der Waals surface area (Å²) < 4.78 is 16.5. The lowest BCUT2D eigenvalue weighted by Gasteiger charge is -2.34. The van der Waals surface area contributed by atoms with E-state index in [1.165, 1.54) is 5.56 Å².